The molecule has 0 aliphatic carbocycles. The average molecular weight is 320 g/mol. The number of hydrogen-bond donors (Lipinski definition) is 3. The molecule has 1 aliphatic heterocycles. The van der Waals surface area contributed by atoms with Crippen molar-refractivity contribution in [1.82, 2.24) is 10.2 Å². The maximum absolute atomic E-state index is 12.3. The zero-order valence-corrected chi connectivity index (χ0v) is 12.9. The van der Waals surface area contributed by atoms with Gasteiger partial charge in [-0.15, -0.1) is 0 Å². The molecule has 120 valence electrons. The lowest BCUT2D eigenvalue weighted by Crippen LogP contribution is -2.19. The van der Waals surface area contributed by atoms with Crippen LogP contribution in [0.3, 0.4) is 0 Å². The Balaban J connectivity index is 1.46. The minimum atomic E-state index is -0.0753. The number of aromatic nitrogens is 2. The Morgan fingerprint density at radius 1 is 1.17 bits per heavy atom. The fourth-order valence-electron chi connectivity index (χ4n) is 2.95. The third kappa shape index (κ3) is 2.86. The van der Waals surface area contributed by atoms with Crippen LogP contribution in [0.2, 0.25) is 0 Å². The number of fused-ring (bicyclic) bond motifs is 2. The first-order valence-electron chi connectivity index (χ1n) is 7.82. The molecule has 2 amide bonds. The SMILES string of the molecule is O=C(Cc1ccc2c(c1)CCC(=O)N2)Nc1ccc2cn[nH]c2c1. The molecule has 6 heteroatoms. The summed E-state index contributed by atoms with van der Waals surface area (Å²) in [5.74, 6) is -0.0316. The molecule has 3 N–H and O–H groups in total. The van der Waals surface area contributed by atoms with Crippen molar-refractivity contribution in [3.8, 4) is 0 Å². The summed E-state index contributed by atoms with van der Waals surface area (Å²) in [6.07, 6.45) is 3.25. The van der Waals surface area contributed by atoms with Crippen LogP contribution in [0.15, 0.2) is 42.6 Å². The Bertz CT molecular complexity index is 945. The number of amides is 2. The van der Waals surface area contributed by atoms with Gasteiger partial charge in [-0.1, -0.05) is 12.1 Å². The van der Waals surface area contributed by atoms with E-state index >= 15 is 0 Å². The van der Waals surface area contributed by atoms with Gasteiger partial charge in [0.1, 0.15) is 0 Å². The van der Waals surface area contributed by atoms with Crippen LogP contribution in [-0.2, 0) is 22.4 Å². The van der Waals surface area contributed by atoms with E-state index in [1.54, 1.807) is 6.20 Å². The number of benzene rings is 2. The van der Waals surface area contributed by atoms with Crippen LogP contribution in [-0.4, -0.2) is 22.0 Å². The number of H-pyrrole nitrogens is 1. The molecule has 0 radical (unpaired) electrons. The summed E-state index contributed by atoms with van der Waals surface area (Å²) in [5.41, 5.74) is 4.49. The monoisotopic (exact) mass is 320 g/mol. The smallest absolute Gasteiger partial charge is 0.228 e. The maximum Gasteiger partial charge on any atom is 0.228 e. The fourth-order valence-corrected chi connectivity index (χ4v) is 2.95. The Morgan fingerprint density at radius 3 is 3.00 bits per heavy atom. The third-order valence-corrected chi connectivity index (χ3v) is 4.16. The molecule has 4 rings (SSSR count). The van der Waals surface area contributed by atoms with Crippen molar-refractivity contribution in [2.75, 3.05) is 10.6 Å². The van der Waals surface area contributed by atoms with Crippen molar-refractivity contribution < 1.29 is 9.59 Å². The van der Waals surface area contributed by atoms with Gasteiger partial charge in [-0.05, 0) is 41.8 Å². The van der Waals surface area contributed by atoms with E-state index in [1.807, 2.05) is 36.4 Å². The highest BCUT2D eigenvalue weighted by molar-refractivity contribution is 5.96. The van der Waals surface area contributed by atoms with Crippen molar-refractivity contribution >= 4 is 34.1 Å². The second kappa shape index (κ2) is 5.81. The summed E-state index contributed by atoms with van der Waals surface area (Å²) >= 11 is 0. The van der Waals surface area contributed by atoms with Crippen LogP contribution < -0.4 is 10.6 Å². The topological polar surface area (TPSA) is 86.9 Å². The van der Waals surface area contributed by atoms with Crippen LogP contribution >= 0.6 is 0 Å². The summed E-state index contributed by atoms with van der Waals surface area (Å²) in [5, 5.41) is 13.6. The van der Waals surface area contributed by atoms with Gasteiger partial charge in [0.25, 0.3) is 0 Å². The first kappa shape index (κ1) is 14.4. The standard InChI is InChI=1S/C18H16N4O2/c23-17-6-3-12-7-11(1-5-15(12)21-17)8-18(24)20-14-4-2-13-10-19-22-16(13)9-14/h1-2,4-5,7,9-10H,3,6,8H2,(H,19,22)(H,20,24)(H,21,23). The van der Waals surface area contributed by atoms with Crippen molar-refractivity contribution in [2.24, 2.45) is 0 Å². The van der Waals surface area contributed by atoms with E-state index in [9.17, 15) is 9.59 Å². The number of hydrogen-bond acceptors (Lipinski definition) is 3. The van der Waals surface area contributed by atoms with Gasteiger partial charge in [-0.3, -0.25) is 14.7 Å². The minimum Gasteiger partial charge on any atom is -0.326 e. The van der Waals surface area contributed by atoms with Gasteiger partial charge >= 0.3 is 0 Å². The number of carbonyl (C=O) groups is 2. The lowest BCUT2D eigenvalue weighted by atomic mass is 9.99. The molecular weight excluding hydrogens is 304 g/mol. The van der Waals surface area contributed by atoms with Crippen LogP contribution in [0.1, 0.15) is 17.5 Å². The summed E-state index contributed by atoms with van der Waals surface area (Å²) < 4.78 is 0. The highest BCUT2D eigenvalue weighted by Gasteiger charge is 2.15. The van der Waals surface area contributed by atoms with E-state index < -0.39 is 0 Å². The largest absolute Gasteiger partial charge is 0.326 e. The molecule has 2 aromatic carbocycles. The molecule has 24 heavy (non-hydrogen) atoms. The first-order valence-corrected chi connectivity index (χ1v) is 7.82. The maximum atomic E-state index is 12.3. The number of carbonyl (C=O) groups excluding carboxylic acids is 2. The number of nitrogens with zero attached hydrogens (tertiary/aromatic N) is 1. The minimum absolute atomic E-state index is 0.0437. The van der Waals surface area contributed by atoms with Gasteiger partial charge in [0.15, 0.2) is 0 Å². The Morgan fingerprint density at radius 2 is 2.08 bits per heavy atom. The fraction of sp³-hybridized carbons (Fsp3) is 0.167. The zero-order valence-electron chi connectivity index (χ0n) is 12.9. The van der Waals surface area contributed by atoms with Gasteiger partial charge in [-0.25, -0.2) is 0 Å². The van der Waals surface area contributed by atoms with Crippen LogP contribution in [0.4, 0.5) is 11.4 Å². The number of rotatable bonds is 3. The van der Waals surface area contributed by atoms with E-state index in [1.165, 1.54) is 0 Å². The molecule has 6 nitrogen and oxygen atoms in total. The van der Waals surface area contributed by atoms with E-state index in [4.69, 9.17) is 0 Å². The molecular formula is C18H16N4O2. The molecule has 0 spiro atoms. The lowest BCUT2D eigenvalue weighted by Gasteiger charge is -2.17. The second-order valence-electron chi connectivity index (χ2n) is 5.94. The van der Waals surface area contributed by atoms with Crippen molar-refractivity contribution in [3.63, 3.8) is 0 Å². The number of anilines is 2. The van der Waals surface area contributed by atoms with Gasteiger partial charge in [-0.2, -0.15) is 5.10 Å². The van der Waals surface area contributed by atoms with Gasteiger partial charge < -0.3 is 10.6 Å². The van der Waals surface area contributed by atoms with Crippen LogP contribution in [0.25, 0.3) is 10.9 Å². The van der Waals surface area contributed by atoms with E-state index in [-0.39, 0.29) is 11.8 Å². The van der Waals surface area contributed by atoms with Crippen molar-refractivity contribution in [2.45, 2.75) is 19.3 Å². The second-order valence-corrected chi connectivity index (χ2v) is 5.94. The van der Waals surface area contributed by atoms with Gasteiger partial charge in [0, 0.05) is 23.2 Å². The first-order chi connectivity index (χ1) is 11.7. The van der Waals surface area contributed by atoms with Crippen LogP contribution in [0, 0.1) is 0 Å². The molecule has 2 heterocycles. The summed E-state index contributed by atoms with van der Waals surface area (Å²) in [6.45, 7) is 0. The number of nitrogens with one attached hydrogen (secondary N) is 3. The van der Waals surface area contributed by atoms with Gasteiger partial charge in [0.2, 0.25) is 11.8 Å². The molecule has 1 aliphatic rings. The molecule has 0 unspecified atom stereocenters. The predicted molar refractivity (Wildman–Crippen MR) is 91.8 cm³/mol. The van der Waals surface area contributed by atoms with Gasteiger partial charge in [0.05, 0.1) is 18.1 Å². The highest BCUT2D eigenvalue weighted by atomic mass is 16.2. The molecule has 0 atom stereocenters. The van der Waals surface area contributed by atoms with E-state index in [0.717, 1.165) is 33.4 Å². The summed E-state index contributed by atoms with van der Waals surface area (Å²) in [4.78, 5) is 23.7. The molecule has 3 aromatic rings. The Hall–Kier alpha value is -3.15. The number of aryl methyl sites for hydroxylation is 1. The molecule has 1 aromatic heterocycles. The molecule has 0 bridgehead atoms. The van der Waals surface area contributed by atoms with E-state index in [2.05, 4.69) is 20.8 Å². The highest BCUT2D eigenvalue weighted by Crippen LogP contribution is 2.24. The molecule has 0 fully saturated rings. The molecule has 0 saturated heterocycles. The van der Waals surface area contributed by atoms with Crippen LogP contribution in [0.5, 0.6) is 0 Å². The zero-order chi connectivity index (χ0) is 16.5. The lowest BCUT2D eigenvalue weighted by molar-refractivity contribution is -0.117. The van der Waals surface area contributed by atoms with Crippen molar-refractivity contribution in [3.05, 3.63) is 53.7 Å². The Kier molecular flexibility index (Phi) is 3.49. The quantitative estimate of drug-likeness (QED) is 0.693. The Labute approximate surface area is 138 Å². The average Bonchev–Trinajstić information content (AvgIpc) is 3.02. The third-order valence-electron chi connectivity index (χ3n) is 4.16. The number of aromatic amines is 1. The molecule has 0 saturated carbocycles. The van der Waals surface area contributed by atoms with Crippen molar-refractivity contribution in [1.29, 1.82) is 0 Å². The summed E-state index contributed by atoms with van der Waals surface area (Å²) in [7, 11) is 0. The normalized spacial score (nSPS) is 13.4. The van der Waals surface area contributed by atoms with E-state index in [0.29, 0.717) is 19.3 Å². The summed E-state index contributed by atoms with van der Waals surface area (Å²) in [6, 6.07) is 11.4. The predicted octanol–water partition coefficient (Wildman–Crippen LogP) is 2.63.